The minimum Gasteiger partial charge on any atom is -0.324 e. The minimum atomic E-state index is 0.191. The van der Waals surface area contributed by atoms with Crippen molar-refractivity contribution in [1.29, 1.82) is 0 Å². The summed E-state index contributed by atoms with van der Waals surface area (Å²) in [6.45, 7) is 4.49. The molecule has 0 bridgehead atoms. The highest BCUT2D eigenvalue weighted by molar-refractivity contribution is 7.98. The first-order valence-corrected chi connectivity index (χ1v) is 6.76. The number of hydrogen-bond donors (Lipinski definition) is 1. The van der Waals surface area contributed by atoms with E-state index in [1.807, 2.05) is 0 Å². The number of nitrogens with two attached hydrogens (primary N) is 1. The van der Waals surface area contributed by atoms with Crippen LogP contribution < -0.4 is 5.73 Å². The van der Waals surface area contributed by atoms with Crippen LogP contribution in [0.25, 0.3) is 0 Å². The van der Waals surface area contributed by atoms with Crippen LogP contribution in [0.2, 0.25) is 0 Å². The molecule has 1 rings (SSSR count). The molecule has 15 heavy (non-hydrogen) atoms. The highest BCUT2D eigenvalue weighted by Crippen LogP contribution is 2.27. The Morgan fingerprint density at radius 1 is 1.20 bits per heavy atom. The molecule has 1 aromatic rings. The Morgan fingerprint density at radius 2 is 1.87 bits per heavy atom. The van der Waals surface area contributed by atoms with E-state index in [4.69, 9.17) is 5.73 Å². The van der Waals surface area contributed by atoms with E-state index < -0.39 is 0 Å². The Morgan fingerprint density at radius 3 is 2.47 bits per heavy atom. The van der Waals surface area contributed by atoms with Crippen molar-refractivity contribution in [3.8, 4) is 0 Å². The van der Waals surface area contributed by atoms with Crippen molar-refractivity contribution >= 4 is 11.8 Å². The predicted molar refractivity (Wildman–Crippen MR) is 69.2 cm³/mol. The molecule has 0 amide bonds. The standard InChI is InChI=1S/C13H21NS/c1-10(2)8-9-12(14)11-6-4-5-7-13(11)15-3/h4-7,10,12H,8-9,14H2,1-3H3. The summed E-state index contributed by atoms with van der Waals surface area (Å²) in [5.74, 6) is 0.734. The van der Waals surface area contributed by atoms with Crippen LogP contribution in [0.5, 0.6) is 0 Å². The van der Waals surface area contributed by atoms with Gasteiger partial charge in [-0.1, -0.05) is 32.0 Å². The molecule has 84 valence electrons. The van der Waals surface area contributed by atoms with Crippen molar-refractivity contribution in [2.75, 3.05) is 6.26 Å². The summed E-state index contributed by atoms with van der Waals surface area (Å²) in [7, 11) is 0. The van der Waals surface area contributed by atoms with Gasteiger partial charge in [-0.3, -0.25) is 0 Å². The predicted octanol–water partition coefficient (Wildman–Crippen LogP) is 3.84. The first-order chi connectivity index (χ1) is 7.15. The van der Waals surface area contributed by atoms with Crippen LogP contribution >= 0.6 is 11.8 Å². The topological polar surface area (TPSA) is 26.0 Å². The van der Waals surface area contributed by atoms with Gasteiger partial charge in [0, 0.05) is 10.9 Å². The fourth-order valence-corrected chi connectivity index (χ4v) is 2.31. The SMILES string of the molecule is CSc1ccccc1C(N)CCC(C)C. The van der Waals surface area contributed by atoms with Crippen molar-refractivity contribution in [2.24, 2.45) is 11.7 Å². The van der Waals surface area contributed by atoms with Crippen molar-refractivity contribution < 1.29 is 0 Å². The van der Waals surface area contributed by atoms with Crippen LogP contribution in [-0.2, 0) is 0 Å². The maximum Gasteiger partial charge on any atom is 0.0306 e. The maximum atomic E-state index is 6.21. The molecule has 0 radical (unpaired) electrons. The van der Waals surface area contributed by atoms with Crippen LogP contribution in [0.15, 0.2) is 29.2 Å². The van der Waals surface area contributed by atoms with E-state index in [0.717, 1.165) is 12.3 Å². The second-order valence-corrected chi connectivity index (χ2v) is 5.17. The van der Waals surface area contributed by atoms with E-state index in [1.165, 1.54) is 16.9 Å². The lowest BCUT2D eigenvalue weighted by atomic mass is 9.98. The van der Waals surface area contributed by atoms with Gasteiger partial charge in [-0.05, 0) is 36.6 Å². The van der Waals surface area contributed by atoms with Crippen molar-refractivity contribution in [3.05, 3.63) is 29.8 Å². The van der Waals surface area contributed by atoms with Crippen LogP contribution in [0.1, 0.15) is 38.3 Å². The smallest absolute Gasteiger partial charge is 0.0306 e. The Hall–Kier alpha value is -0.470. The van der Waals surface area contributed by atoms with Gasteiger partial charge in [0.2, 0.25) is 0 Å². The molecule has 0 heterocycles. The van der Waals surface area contributed by atoms with Gasteiger partial charge in [0.1, 0.15) is 0 Å². The molecule has 0 saturated carbocycles. The van der Waals surface area contributed by atoms with Crippen LogP contribution in [0.3, 0.4) is 0 Å². The van der Waals surface area contributed by atoms with Crippen LogP contribution in [-0.4, -0.2) is 6.26 Å². The zero-order valence-electron chi connectivity index (χ0n) is 9.86. The number of rotatable bonds is 5. The number of thioether (sulfide) groups is 1. The summed E-state index contributed by atoms with van der Waals surface area (Å²) in [4.78, 5) is 1.31. The van der Waals surface area contributed by atoms with Crippen LogP contribution in [0, 0.1) is 5.92 Å². The Bertz CT molecular complexity index is 296. The van der Waals surface area contributed by atoms with E-state index in [2.05, 4.69) is 44.4 Å². The van der Waals surface area contributed by atoms with E-state index >= 15 is 0 Å². The monoisotopic (exact) mass is 223 g/mol. The van der Waals surface area contributed by atoms with Gasteiger partial charge < -0.3 is 5.73 Å². The molecular weight excluding hydrogens is 202 g/mol. The van der Waals surface area contributed by atoms with E-state index in [0.29, 0.717) is 0 Å². The summed E-state index contributed by atoms with van der Waals surface area (Å²) in [6.07, 6.45) is 4.38. The maximum absolute atomic E-state index is 6.21. The van der Waals surface area contributed by atoms with Gasteiger partial charge in [-0.15, -0.1) is 11.8 Å². The lowest BCUT2D eigenvalue weighted by Gasteiger charge is -2.16. The van der Waals surface area contributed by atoms with Crippen molar-refractivity contribution in [2.45, 2.75) is 37.6 Å². The normalized spacial score (nSPS) is 13.1. The quantitative estimate of drug-likeness (QED) is 0.767. The molecule has 0 spiro atoms. The second kappa shape index (κ2) is 6.19. The lowest BCUT2D eigenvalue weighted by molar-refractivity contribution is 0.504. The first kappa shape index (κ1) is 12.6. The minimum absolute atomic E-state index is 0.191. The summed E-state index contributed by atoms with van der Waals surface area (Å²) in [5, 5.41) is 0. The zero-order valence-corrected chi connectivity index (χ0v) is 10.7. The third-order valence-corrected chi connectivity index (χ3v) is 3.41. The molecule has 1 unspecified atom stereocenters. The Labute approximate surface area is 97.4 Å². The van der Waals surface area contributed by atoms with Crippen molar-refractivity contribution in [1.82, 2.24) is 0 Å². The molecule has 0 aromatic heterocycles. The van der Waals surface area contributed by atoms with Gasteiger partial charge >= 0.3 is 0 Å². The van der Waals surface area contributed by atoms with Gasteiger partial charge in [-0.25, -0.2) is 0 Å². The molecule has 0 saturated heterocycles. The van der Waals surface area contributed by atoms with Gasteiger partial charge in [0.25, 0.3) is 0 Å². The molecule has 2 heteroatoms. The van der Waals surface area contributed by atoms with Gasteiger partial charge in [-0.2, -0.15) is 0 Å². The summed E-state index contributed by atoms with van der Waals surface area (Å²) in [6, 6.07) is 8.64. The van der Waals surface area contributed by atoms with Crippen molar-refractivity contribution in [3.63, 3.8) is 0 Å². The Kier molecular flexibility index (Phi) is 5.20. The third kappa shape index (κ3) is 3.88. The number of benzene rings is 1. The zero-order chi connectivity index (χ0) is 11.3. The largest absolute Gasteiger partial charge is 0.324 e. The summed E-state index contributed by atoms with van der Waals surface area (Å²) in [5.41, 5.74) is 7.50. The highest BCUT2D eigenvalue weighted by Gasteiger charge is 2.10. The summed E-state index contributed by atoms with van der Waals surface area (Å²) < 4.78 is 0. The first-order valence-electron chi connectivity index (χ1n) is 5.53. The lowest BCUT2D eigenvalue weighted by Crippen LogP contribution is -2.12. The van der Waals surface area contributed by atoms with E-state index in [1.54, 1.807) is 11.8 Å². The highest BCUT2D eigenvalue weighted by atomic mass is 32.2. The molecule has 0 aliphatic heterocycles. The van der Waals surface area contributed by atoms with E-state index in [9.17, 15) is 0 Å². The molecule has 0 aliphatic carbocycles. The van der Waals surface area contributed by atoms with Gasteiger partial charge in [0.05, 0.1) is 0 Å². The number of hydrogen-bond acceptors (Lipinski definition) is 2. The van der Waals surface area contributed by atoms with Gasteiger partial charge in [0.15, 0.2) is 0 Å². The average Bonchev–Trinajstić information content (AvgIpc) is 2.25. The second-order valence-electron chi connectivity index (χ2n) is 4.32. The molecule has 0 fully saturated rings. The fraction of sp³-hybridized carbons (Fsp3) is 0.538. The van der Waals surface area contributed by atoms with E-state index in [-0.39, 0.29) is 6.04 Å². The van der Waals surface area contributed by atoms with Crippen LogP contribution in [0.4, 0.5) is 0 Å². The summed E-state index contributed by atoms with van der Waals surface area (Å²) >= 11 is 1.78. The molecule has 1 nitrogen and oxygen atoms in total. The third-order valence-electron chi connectivity index (χ3n) is 2.59. The Balaban J connectivity index is 2.68. The molecule has 0 aliphatic rings. The molecule has 1 aromatic carbocycles. The molecular formula is C13H21NS. The molecule has 1 atom stereocenters. The molecule has 2 N–H and O–H groups in total. The fourth-order valence-electron chi connectivity index (χ4n) is 1.64. The average molecular weight is 223 g/mol.